The quantitative estimate of drug-likeness (QED) is 0.790. The molecule has 0 aliphatic carbocycles. The maximum atomic E-state index is 13.4. The van der Waals surface area contributed by atoms with Crippen molar-refractivity contribution in [1.82, 2.24) is 0 Å². The van der Waals surface area contributed by atoms with Gasteiger partial charge in [-0.05, 0) is 24.3 Å². The Bertz CT molecular complexity index is 586. The molecule has 0 fully saturated rings. The van der Waals surface area contributed by atoms with E-state index in [-0.39, 0.29) is 5.82 Å². The average Bonchev–Trinajstić information content (AvgIpc) is 2.37. The summed E-state index contributed by atoms with van der Waals surface area (Å²) in [5, 5.41) is 5.56. The molecule has 4 N–H and O–H groups in total. The highest BCUT2D eigenvalue weighted by atomic mass is 19.1. The van der Waals surface area contributed by atoms with Gasteiger partial charge in [-0.15, -0.1) is 0 Å². The second-order valence-electron chi connectivity index (χ2n) is 4.02. The second kappa shape index (κ2) is 5.86. The third-order valence-corrected chi connectivity index (χ3v) is 2.57. The lowest BCUT2D eigenvalue weighted by Crippen LogP contribution is -2.19. The van der Waals surface area contributed by atoms with E-state index >= 15 is 0 Å². The fourth-order valence-corrected chi connectivity index (χ4v) is 1.69. The molecule has 2 aromatic carbocycles. The molecule has 0 aliphatic heterocycles. The van der Waals surface area contributed by atoms with Gasteiger partial charge in [-0.25, -0.2) is 9.18 Å². The number of urea groups is 1. The van der Waals surface area contributed by atoms with E-state index in [9.17, 15) is 9.18 Å². The number of benzene rings is 2. The monoisotopic (exact) mass is 259 g/mol. The predicted octanol–water partition coefficient (Wildman–Crippen LogP) is 2.93. The van der Waals surface area contributed by atoms with Crippen LogP contribution in [-0.2, 0) is 6.54 Å². The zero-order valence-electron chi connectivity index (χ0n) is 10.2. The van der Waals surface area contributed by atoms with Crippen molar-refractivity contribution in [3.05, 3.63) is 59.9 Å². The molecule has 0 saturated carbocycles. The second-order valence-corrected chi connectivity index (χ2v) is 4.02. The fourth-order valence-electron chi connectivity index (χ4n) is 1.69. The first kappa shape index (κ1) is 12.9. The van der Waals surface area contributed by atoms with Crippen LogP contribution in [0.3, 0.4) is 0 Å². The van der Waals surface area contributed by atoms with E-state index in [0.29, 0.717) is 17.8 Å². The van der Waals surface area contributed by atoms with E-state index in [2.05, 4.69) is 10.6 Å². The Morgan fingerprint density at radius 2 is 1.84 bits per heavy atom. The Labute approximate surface area is 110 Å². The van der Waals surface area contributed by atoms with Crippen molar-refractivity contribution in [3.63, 3.8) is 0 Å². The van der Waals surface area contributed by atoms with Crippen molar-refractivity contribution in [1.29, 1.82) is 0 Å². The minimum Gasteiger partial charge on any atom is -0.381 e. The lowest BCUT2D eigenvalue weighted by molar-refractivity contribution is 0.259. The Kier molecular flexibility index (Phi) is 3.97. The molecular formula is C14H14FN3O. The smallest absolute Gasteiger partial charge is 0.316 e. The van der Waals surface area contributed by atoms with Gasteiger partial charge in [-0.3, -0.25) is 0 Å². The van der Waals surface area contributed by atoms with Crippen LogP contribution in [0.4, 0.5) is 20.6 Å². The van der Waals surface area contributed by atoms with Gasteiger partial charge in [0.25, 0.3) is 0 Å². The number of rotatable bonds is 4. The zero-order chi connectivity index (χ0) is 13.7. The molecule has 98 valence electrons. The van der Waals surface area contributed by atoms with Gasteiger partial charge in [0.1, 0.15) is 5.82 Å². The van der Waals surface area contributed by atoms with Gasteiger partial charge in [0, 0.05) is 23.5 Å². The number of primary amides is 1. The summed E-state index contributed by atoms with van der Waals surface area (Å²) in [7, 11) is 0. The molecule has 0 spiro atoms. The van der Waals surface area contributed by atoms with Crippen LogP contribution in [-0.4, -0.2) is 6.03 Å². The van der Waals surface area contributed by atoms with Gasteiger partial charge >= 0.3 is 6.03 Å². The SMILES string of the molecule is NC(=O)Nc1cccc(NCc2ccccc2F)c1. The maximum absolute atomic E-state index is 13.4. The number of hydrogen-bond donors (Lipinski definition) is 3. The molecule has 0 atom stereocenters. The Morgan fingerprint density at radius 3 is 2.58 bits per heavy atom. The number of anilines is 2. The van der Waals surface area contributed by atoms with Gasteiger partial charge in [0.05, 0.1) is 0 Å². The average molecular weight is 259 g/mol. The van der Waals surface area contributed by atoms with Crippen molar-refractivity contribution in [2.45, 2.75) is 6.54 Å². The molecule has 19 heavy (non-hydrogen) atoms. The van der Waals surface area contributed by atoms with Crippen molar-refractivity contribution < 1.29 is 9.18 Å². The fraction of sp³-hybridized carbons (Fsp3) is 0.0714. The van der Waals surface area contributed by atoms with Crippen molar-refractivity contribution in [3.8, 4) is 0 Å². The summed E-state index contributed by atoms with van der Waals surface area (Å²) in [6.45, 7) is 0.368. The number of carbonyl (C=O) groups is 1. The van der Waals surface area contributed by atoms with Gasteiger partial charge in [-0.2, -0.15) is 0 Å². The van der Waals surface area contributed by atoms with Crippen LogP contribution in [0.1, 0.15) is 5.56 Å². The summed E-state index contributed by atoms with van der Waals surface area (Å²) >= 11 is 0. The van der Waals surface area contributed by atoms with Gasteiger partial charge in [-0.1, -0.05) is 24.3 Å². The number of carbonyl (C=O) groups excluding carboxylic acids is 1. The highest BCUT2D eigenvalue weighted by Gasteiger charge is 2.01. The molecule has 2 aromatic rings. The Balaban J connectivity index is 2.03. The van der Waals surface area contributed by atoms with E-state index in [1.807, 2.05) is 6.07 Å². The minimum atomic E-state index is -0.619. The van der Waals surface area contributed by atoms with Crippen molar-refractivity contribution >= 4 is 17.4 Å². The summed E-state index contributed by atoms with van der Waals surface area (Å²) in [6.07, 6.45) is 0. The van der Waals surface area contributed by atoms with Crippen LogP contribution in [0.25, 0.3) is 0 Å². The van der Waals surface area contributed by atoms with Gasteiger partial charge in [0.15, 0.2) is 0 Å². The summed E-state index contributed by atoms with van der Waals surface area (Å²) < 4.78 is 13.4. The van der Waals surface area contributed by atoms with Crippen LogP contribution < -0.4 is 16.4 Å². The van der Waals surface area contributed by atoms with Crippen molar-refractivity contribution in [2.24, 2.45) is 5.73 Å². The molecule has 0 radical (unpaired) electrons. The third-order valence-electron chi connectivity index (χ3n) is 2.57. The molecule has 2 amide bonds. The molecule has 0 aromatic heterocycles. The highest BCUT2D eigenvalue weighted by Crippen LogP contribution is 2.16. The van der Waals surface area contributed by atoms with Crippen LogP contribution in [0.5, 0.6) is 0 Å². The van der Waals surface area contributed by atoms with E-state index in [1.165, 1.54) is 6.07 Å². The first-order chi connectivity index (χ1) is 9.15. The lowest BCUT2D eigenvalue weighted by Gasteiger charge is -2.09. The largest absolute Gasteiger partial charge is 0.381 e. The van der Waals surface area contributed by atoms with E-state index < -0.39 is 6.03 Å². The minimum absolute atomic E-state index is 0.249. The highest BCUT2D eigenvalue weighted by molar-refractivity contribution is 5.88. The van der Waals surface area contributed by atoms with Crippen LogP contribution in [0.2, 0.25) is 0 Å². The summed E-state index contributed by atoms with van der Waals surface area (Å²) in [5.41, 5.74) is 6.98. The zero-order valence-corrected chi connectivity index (χ0v) is 10.2. The molecule has 0 bridgehead atoms. The van der Waals surface area contributed by atoms with E-state index in [4.69, 9.17) is 5.73 Å². The normalized spacial score (nSPS) is 9.95. The van der Waals surface area contributed by atoms with E-state index in [1.54, 1.807) is 36.4 Å². The van der Waals surface area contributed by atoms with Gasteiger partial charge in [0.2, 0.25) is 0 Å². The predicted molar refractivity (Wildman–Crippen MR) is 73.4 cm³/mol. The number of hydrogen-bond acceptors (Lipinski definition) is 2. The summed E-state index contributed by atoms with van der Waals surface area (Å²) in [5.74, 6) is -0.249. The molecular weight excluding hydrogens is 245 g/mol. The van der Waals surface area contributed by atoms with Crippen LogP contribution >= 0.6 is 0 Å². The Morgan fingerprint density at radius 1 is 1.11 bits per heavy atom. The summed E-state index contributed by atoms with van der Waals surface area (Å²) in [6, 6.07) is 13.0. The first-order valence-corrected chi connectivity index (χ1v) is 5.79. The maximum Gasteiger partial charge on any atom is 0.316 e. The third kappa shape index (κ3) is 3.70. The molecule has 5 heteroatoms. The number of nitrogens with one attached hydrogen (secondary N) is 2. The van der Waals surface area contributed by atoms with Gasteiger partial charge < -0.3 is 16.4 Å². The number of nitrogens with two attached hydrogens (primary N) is 1. The summed E-state index contributed by atoms with van der Waals surface area (Å²) in [4.78, 5) is 10.7. The molecule has 0 aliphatic rings. The molecule has 0 heterocycles. The molecule has 0 saturated heterocycles. The van der Waals surface area contributed by atoms with Crippen LogP contribution in [0, 0.1) is 5.82 Å². The number of halogens is 1. The Hall–Kier alpha value is -2.56. The standard InChI is InChI=1S/C14H14FN3O/c15-13-7-2-1-4-10(13)9-17-11-5-3-6-12(8-11)18-14(16)19/h1-8,17H,9H2,(H3,16,18,19). The van der Waals surface area contributed by atoms with Crippen molar-refractivity contribution in [2.75, 3.05) is 10.6 Å². The molecule has 4 nitrogen and oxygen atoms in total. The molecule has 2 rings (SSSR count). The van der Waals surface area contributed by atoms with Crippen LogP contribution in [0.15, 0.2) is 48.5 Å². The topological polar surface area (TPSA) is 67.2 Å². The first-order valence-electron chi connectivity index (χ1n) is 5.79. The lowest BCUT2D eigenvalue weighted by atomic mass is 10.2. The number of amides is 2. The molecule has 0 unspecified atom stereocenters. The van der Waals surface area contributed by atoms with E-state index in [0.717, 1.165) is 5.69 Å².